The van der Waals surface area contributed by atoms with Crippen molar-refractivity contribution in [3.8, 4) is 0 Å². The van der Waals surface area contributed by atoms with Gasteiger partial charge in [-0.15, -0.1) is 0 Å². The molecule has 0 saturated carbocycles. The Hall–Kier alpha value is 0.480. The summed E-state index contributed by atoms with van der Waals surface area (Å²) in [4.78, 5) is 0. The molecule has 0 aromatic carbocycles. The van der Waals surface area contributed by atoms with Gasteiger partial charge in [0.25, 0.3) is 0 Å². The van der Waals surface area contributed by atoms with Crippen molar-refractivity contribution >= 4 is 58.5 Å². The van der Waals surface area contributed by atoms with Crippen LogP contribution in [0.15, 0.2) is 24.3 Å². The van der Waals surface area contributed by atoms with E-state index < -0.39 is 20.8 Å². The summed E-state index contributed by atoms with van der Waals surface area (Å²) in [5, 5.41) is 0. The molecule has 8 nitrogen and oxygen atoms in total. The summed E-state index contributed by atoms with van der Waals surface area (Å²) in [7, 11) is -9.21. The van der Waals surface area contributed by atoms with E-state index in [1.54, 1.807) is 0 Å². The standard InChI is InChI=1S/2C27H54O4S.Ca/c2*1-3-5-7-9-11-12-13-14-15-16-17-19-21-23-25-27(26-31-32(28,29)30)24-22-20-18-10-8-6-4-2;/h2*22,24,27H,3-21,23,25-26H2,1-2H3,(H,28,29,30);/q;;+2/p-2/b2*24-22+;. The van der Waals surface area contributed by atoms with Gasteiger partial charge in [0.15, 0.2) is 0 Å². The van der Waals surface area contributed by atoms with E-state index in [9.17, 15) is 25.9 Å². The van der Waals surface area contributed by atoms with E-state index >= 15 is 0 Å². The van der Waals surface area contributed by atoms with Gasteiger partial charge in [-0.05, 0) is 38.5 Å². The molecule has 0 fully saturated rings. The minimum atomic E-state index is -4.61. The molecule has 11 heteroatoms. The average Bonchev–Trinajstić information content (AvgIpc) is 3.26. The number of allylic oxidation sites excluding steroid dienone is 2. The predicted octanol–water partition coefficient (Wildman–Crippen LogP) is 17.4. The summed E-state index contributed by atoms with van der Waals surface area (Å²) in [5.41, 5.74) is 0. The van der Waals surface area contributed by atoms with Crippen LogP contribution in [0.2, 0.25) is 0 Å². The number of hydrogen-bond acceptors (Lipinski definition) is 8. The molecule has 384 valence electrons. The van der Waals surface area contributed by atoms with E-state index in [1.165, 1.54) is 231 Å². The molecule has 0 N–H and O–H groups in total. The Bertz CT molecular complexity index is 1100. The van der Waals surface area contributed by atoms with Gasteiger partial charge in [-0.2, -0.15) is 0 Å². The Balaban J connectivity index is -0.00000116. The van der Waals surface area contributed by atoms with Gasteiger partial charge in [-0.3, -0.25) is 8.37 Å². The van der Waals surface area contributed by atoms with E-state index in [1.807, 2.05) is 0 Å². The quantitative estimate of drug-likeness (QED) is 0.0193. The molecule has 0 aliphatic rings. The van der Waals surface area contributed by atoms with E-state index in [0.717, 1.165) is 38.5 Å². The molecule has 0 aliphatic heterocycles. The van der Waals surface area contributed by atoms with Crippen LogP contribution < -0.4 is 0 Å². The largest absolute Gasteiger partial charge is 2.00 e. The molecule has 0 amide bonds. The van der Waals surface area contributed by atoms with Gasteiger partial charge in [0.2, 0.25) is 20.8 Å². The minimum absolute atomic E-state index is 0. The fourth-order valence-electron chi connectivity index (χ4n) is 8.32. The molecule has 0 spiro atoms. The van der Waals surface area contributed by atoms with Crippen molar-refractivity contribution in [1.82, 2.24) is 0 Å². The van der Waals surface area contributed by atoms with Gasteiger partial charge >= 0.3 is 37.7 Å². The van der Waals surface area contributed by atoms with Gasteiger partial charge in [-0.1, -0.05) is 283 Å². The molecule has 0 saturated heterocycles. The van der Waals surface area contributed by atoms with Crippen LogP contribution in [0.25, 0.3) is 0 Å². The first-order valence-corrected chi connectivity index (χ1v) is 30.2. The van der Waals surface area contributed by atoms with Crippen LogP contribution in [0.3, 0.4) is 0 Å². The van der Waals surface area contributed by atoms with Gasteiger partial charge in [0.1, 0.15) is 0 Å². The molecular formula is C54H106CaO8S2. The summed E-state index contributed by atoms with van der Waals surface area (Å²) in [5.74, 6) is 0.0402. The maximum absolute atomic E-state index is 10.8. The third-order valence-electron chi connectivity index (χ3n) is 12.5. The van der Waals surface area contributed by atoms with Crippen molar-refractivity contribution in [2.24, 2.45) is 11.8 Å². The monoisotopic (exact) mass is 987 g/mol. The first-order valence-electron chi connectivity index (χ1n) is 27.5. The SMILES string of the molecule is CCCCCCC/C=C/C(CCCCCCCCCCCCCCCC)COS(=O)(=O)[O-].CCCCCCC/C=C/C(CCCCCCCCCCCCCCCC)COS(=O)(=O)[O-].[Ca+2]. The molecular weight excluding hydrogens is 881 g/mol. The van der Waals surface area contributed by atoms with Gasteiger partial charge in [-0.25, -0.2) is 16.8 Å². The normalized spacial score (nSPS) is 13.0. The number of hydrogen-bond donors (Lipinski definition) is 0. The minimum Gasteiger partial charge on any atom is -0.726 e. The summed E-state index contributed by atoms with van der Waals surface area (Å²) < 4.78 is 73.9. The van der Waals surface area contributed by atoms with Crippen molar-refractivity contribution in [3.05, 3.63) is 24.3 Å². The van der Waals surface area contributed by atoms with Crippen molar-refractivity contribution in [2.75, 3.05) is 13.2 Å². The molecule has 0 aliphatic carbocycles. The summed E-state index contributed by atoms with van der Waals surface area (Å²) in [6.07, 6.45) is 61.8. The predicted molar refractivity (Wildman–Crippen MR) is 279 cm³/mol. The average molecular weight is 988 g/mol. The molecule has 65 heavy (non-hydrogen) atoms. The van der Waals surface area contributed by atoms with Gasteiger partial charge in [0.05, 0.1) is 13.2 Å². The maximum atomic E-state index is 10.8. The Kier molecular flexibility index (Phi) is 59.4. The second-order valence-corrected chi connectivity index (χ2v) is 21.0. The number of rotatable bonds is 50. The van der Waals surface area contributed by atoms with Crippen molar-refractivity contribution < 1.29 is 34.3 Å². The second-order valence-electron chi connectivity index (χ2n) is 18.9. The topological polar surface area (TPSA) is 133 Å². The summed E-state index contributed by atoms with van der Waals surface area (Å²) >= 11 is 0. The molecule has 0 aromatic rings. The van der Waals surface area contributed by atoms with Crippen LogP contribution in [0.5, 0.6) is 0 Å². The van der Waals surface area contributed by atoms with Crippen LogP contribution >= 0.6 is 0 Å². The van der Waals surface area contributed by atoms with Crippen molar-refractivity contribution in [3.63, 3.8) is 0 Å². The van der Waals surface area contributed by atoms with Crippen LogP contribution in [0.1, 0.15) is 297 Å². The maximum Gasteiger partial charge on any atom is 2.00 e. The summed E-state index contributed by atoms with van der Waals surface area (Å²) in [6, 6.07) is 0. The fraction of sp³-hybridized carbons (Fsp3) is 0.926. The van der Waals surface area contributed by atoms with Crippen LogP contribution in [0, 0.1) is 11.8 Å². The molecule has 0 aromatic heterocycles. The van der Waals surface area contributed by atoms with Crippen LogP contribution in [-0.2, 0) is 29.2 Å². The van der Waals surface area contributed by atoms with Gasteiger partial charge < -0.3 is 9.11 Å². The molecule has 0 heterocycles. The third-order valence-corrected chi connectivity index (χ3v) is 13.3. The Labute approximate surface area is 436 Å². The Morgan fingerprint density at radius 3 is 0.754 bits per heavy atom. The molecule has 0 radical (unpaired) electrons. The zero-order valence-electron chi connectivity index (χ0n) is 43.4. The van der Waals surface area contributed by atoms with Gasteiger partial charge in [0, 0.05) is 11.8 Å². The van der Waals surface area contributed by atoms with Crippen LogP contribution in [0.4, 0.5) is 0 Å². The molecule has 2 atom stereocenters. The van der Waals surface area contributed by atoms with E-state index in [4.69, 9.17) is 0 Å². The Morgan fingerprint density at radius 2 is 0.538 bits per heavy atom. The van der Waals surface area contributed by atoms with Crippen LogP contribution in [-0.4, -0.2) is 76.9 Å². The first kappa shape index (κ1) is 69.7. The summed E-state index contributed by atoms with van der Waals surface area (Å²) in [6.45, 7) is 8.93. The molecule has 0 rings (SSSR count). The van der Waals surface area contributed by atoms with Crippen molar-refractivity contribution in [1.29, 1.82) is 0 Å². The smallest absolute Gasteiger partial charge is 0.726 e. The Morgan fingerprint density at radius 1 is 0.338 bits per heavy atom. The van der Waals surface area contributed by atoms with E-state index in [2.05, 4.69) is 60.4 Å². The third kappa shape index (κ3) is 64.5. The fourth-order valence-corrected chi connectivity index (χ4v) is 9.01. The zero-order chi connectivity index (χ0) is 47.5. The molecule has 2 unspecified atom stereocenters. The van der Waals surface area contributed by atoms with Crippen molar-refractivity contribution in [2.45, 2.75) is 297 Å². The molecule has 0 bridgehead atoms. The zero-order valence-corrected chi connectivity index (χ0v) is 47.2. The number of unbranched alkanes of at least 4 members (excludes halogenated alkanes) is 36. The van der Waals surface area contributed by atoms with E-state index in [-0.39, 0.29) is 62.8 Å². The first-order chi connectivity index (χ1) is 31.0. The van der Waals surface area contributed by atoms with E-state index in [0.29, 0.717) is 0 Å². The second kappa shape index (κ2) is 55.4.